The molecule has 4 rings (SSSR count). The fraction of sp³-hybridized carbons (Fsp3) is 0.480. The zero-order valence-electron chi connectivity index (χ0n) is 17.9. The number of carbonyl (C=O) groups is 1. The van der Waals surface area contributed by atoms with Gasteiger partial charge in [0.25, 0.3) is 0 Å². The first-order valence-electron chi connectivity index (χ1n) is 11.4. The number of anilines is 1. The third-order valence-corrected chi connectivity index (χ3v) is 6.84. The van der Waals surface area contributed by atoms with Crippen LogP contribution in [0, 0.1) is 17.8 Å². The maximum atomic E-state index is 12.8. The molecule has 172 valence electrons. The molecule has 4 atom stereocenters. The first-order valence-corrected chi connectivity index (χ1v) is 11.4. The quantitative estimate of drug-likeness (QED) is 0.517. The number of nitrogens with one attached hydrogen (secondary N) is 2. The van der Waals surface area contributed by atoms with E-state index in [1.54, 1.807) is 0 Å². The van der Waals surface area contributed by atoms with E-state index in [2.05, 4.69) is 15.4 Å². The van der Waals surface area contributed by atoms with Gasteiger partial charge in [-0.2, -0.15) is 0 Å². The zero-order valence-corrected chi connectivity index (χ0v) is 17.9. The summed E-state index contributed by atoms with van der Waals surface area (Å²) in [5.41, 5.74) is 1.48. The van der Waals surface area contributed by atoms with Crippen molar-refractivity contribution >= 4 is 11.7 Å². The van der Waals surface area contributed by atoms with Crippen LogP contribution in [0.15, 0.2) is 54.6 Å². The van der Waals surface area contributed by atoms with Gasteiger partial charge in [0, 0.05) is 5.69 Å². The van der Waals surface area contributed by atoms with E-state index in [-0.39, 0.29) is 17.8 Å². The number of hydrogen-bond acceptors (Lipinski definition) is 2. The first-order chi connectivity index (χ1) is 15.4. The third-order valence-electron chi connectivity index (χ3n) is 6.84. The third kappa shape index (κ3) is 5.96. The van der Waals surface area contributed by atoms with E-state index >= 15 is 0 Å². The van der Waals surface area contributed by atoms with Crippen LogP contribution in [-0.4, -0.2) is 12.4 Å². The molecule has 0 heterocycles. The summed E-state index contributed by atoms with van der Waals surface area (Å²) in [4.78, 5) is 12.8. The van der Waals surface area contributed by atoms with Crippen molar-refractivity contribution in [3.05, 3.63) is 60.2 Å². The van der Waals surface area contributed by atoms with Crippen molar-refractivity contribution in [2.45, 2.75) is 57.3 Å². The van der Waals surface area contributed by atoms with Crippen LogP contribution in [0.2, 0.25) is 0 Å². The van der Waals surface area contributed by atoms with Gasteiger partial charge in [0.05, 0.1) is 6.04 Å². The van der Waals surface area contributed by atoms with Crippen LogP contribution in [-0.2, 0) is 0 Å². The second-order valence-corrected chi connectivity index (χ2v) is 8.94. The van der Waals surface area contributed by atoms with Crippen molar-refractivity contribution in [3.63, 3.8) is 0 Å². The molecule has 0 saturated heterocycles. The summed E-state index contributed by atoms with van der Waals surface area (Å²) in [5, 5.41) is 5.88. The van der Waals surface area contributed by atoms with Crippen LogP contribution in [0.25, 0.3) is 0 Å². The number of urea groups is 1. The van der Waals surface area contributed by atoms with Gasteiger partial charge in [-0.05, 0) is 66.8 Å². The minimum atomic E-state index is -4.74. The summed E-state index contributed by atoms with van der Waals surface area (Å²) in [6, 6.07) is 14.7. The van der Waals surface area contributed by atoms with E-state index in [0.717, 1.165) is 30.2 Å². The van der Waals surface area contributed by atoms with E-state index in [1.165, 1.54) is 56.4 Å². The Hall–Kier alpha value is -2.70. The van der Waals surface area contributed by atoms with Crippen LogP contribution in [0.4, 0.5) is 23.7 Å². The van der Waals surface area contributed by atoms with Crippen LogP contribution in [0.3, 0.4) is 0 Å². The average Bonchev–Trinajstić information content (AvgIpc) is 2.78. The molecule has 0 radical (unpaired) electrons. The van der Waals surface area contributed by atoms with Crippen LogP contribution >= 0.6 is 0 Å². The Kier molecular flexibility index (Phi) is 6.92. The smallest absolute Gasteiger partial charge is 0.406 e. The lowest BCUT2D eigenvalue weighted by atomic mass is 9.65. The number of ether oxygens (including phenoxy) is 1. The van der Waals surface area contributed by atoms with Crippen LogP contribution in [0.1, 0.15) is 56.6 Å². The van der Waals surface area contributed by atoms with Crippen LogP contribution < -0.4 is 15.4 Å². The monoisotopic (exact) mass is 446 g/mol. The van der Waals surface area contributed by atoms with Crippen molar-refractivity contribution in [2.24, 2.45) is 17.8 Å². The fourth-order valence-electron chi connectivity index (χ4n) is 5.39. The highest BCUT2D eigenvalue weighted by atomic mass is 19.4. The molecule has 0 spiro atoms. The number of benzene rings is 2. The number of hydrogen-bond donors (Lipinski definition) is 2. The molecule has 0 bridgehead atoms. The molecular weight excluding hydrogens is 417 g/mol. The molecule has 2 aromatic rings. The maximum absolute atomic E-state index is 12.8. The summed E-state index contributed by atoms with van der Waals surface area (Å²) in [6.45, 7) is 0. The van der Waals surface area contributed by atoms with Gasteiger partial charge in [-0.25, -0.2) is 4.79 Å². The molecule has 4 unspecified atom stereocenters. The molecule has 2 N–H and O–H groups in total. The van der Waals surface area contributed by atoms with Crippen molar-refractivity contribution in [1.29, 1.82) is 0 Å². The number of halogens is 3. The highest BCUT2D eigenvalue weighted by Crippen LogP contribution is 2.46. The van der Waals surface area contributed by atoms with Crippen molar-refractivity contribution in [2.75, 3.05) is 5.32 Å². The highest BCUT2D eigenvalue weighted by molar-refractivity contribution is 5.89. The molecule has 2 saturated carbocycles. The second kappa shape index (κ2) is 9.84. The summed E-state index contributed by atoms with van der Waals surface area (Å²) >= 11 is 0. The van der Waals surface area contributed by atoms with Crippen molar-refractivity contribution in [3.8, 4) is 5.75 Å². The molecule has 2 aliphatic rings. The minimum absolute atomic E-state index is 0.105. The van der Waals surface area contributed by atoms with Gasteiger partial charge in [0.15, 0.2) is 0 Å². The largest absolute Gasteiger partial charge is 0.573 e. The lowest BCUT2D eigenvalue weighted by molar-refractivity contribution is -0.274. The Bertz CT molecular complexity index is 886. The molecule has 0 aliphatic heterocycles. The standard InChI is InChI=1S/C25H29F3N2O2/c26-25(27,28)32-22-14-12-21(13-15-22)29-24(31)30-23(18-7-2-1-3-8-18)20-11-10-17-6-4-5-9-19(17)16-20/h1-3,7-8,12-15,17,19-20,23H,4-6,9-11,16H2,(H2,29,30,31). The minimum Gasteiger partial charge on any atom is -0.406 e. The fourth-order valence-corrected chi connectivity index (χ4v) is 5.39. The number of alkyl halides is 3. The van der Waals surface area contributed by atoms with E-state index in [4.69, 9.17) is 0 Å². The van der Waals surface area contributed by atoms with Crippen molar-refractivity contribution < 1.29 is 22.7 Å². The van der Waals surface area contributed by atoms with Gasteiger partial charge in [-0.3, -0.25) is 0 Å². The van der Waals surface area contributed by atoms with Gasteiger partial charge >= 0.3 is 12.4 Å². The maximum Gasteiger partial charge on any atom is 0.573 e. The SMILES string of the molecule is O=C(Nc1ccc(OC(F)(F)F)cc1)NC(c1ccccc1)C1CCC2CCCCC2C1. The Morgan fingerprint density at radius 2 is 1.59 bits per heavy atom. The summed E-state index contributed by atoms with van der Waals surface area (Å²) in [7, 11) is 0. The normalized spacial score (nSPS) is 24.2. The highest BCUT2D eigenvalue weighted by Gasteiger charge is 2.36. The summed E-state index contributed by atoms with van der Waals surface area (Å²) in [5.74, 6) is 1.60. The Morgan fingerprint density at radius 1 is 0.906 bits per heavy atom. The lowest BCUT2D eigenvalue weighted by Gasteiger charge is -2.42. The number of fused-ring (bicyclic) bond motifs is 1. The van der Waals surface area contributed by atoms with E-state index < -0.39 is 6.36 Å². The van der Waals surface area contributed by atoms with E-state index in [9.17, 15) is 18.0 Å². The molecule has 32 heavy (non-hydrogen) atoms. The number of amides is 2. The molecular formula is C25H29F3N2O2. The molecule has 2 aliphatic carbocycles. The number of rotatable bonds is 5. The van der Waals surface area contributed by atoms with Gasteiger partial charge in [0.2, 0.25) is 0 Å². The van der Waals surface area contributed by atoms with E-state index in [0.29, 0.717) is 11.6 Å². The molecule has 0 aromatic heterocycles. The van der Waals surface area contributed by atoms with Crippen LogP contribution in [0.5, 0.6) is 5.75 Å². The molecule has 2 amide bonds. The Labute approximate surface area is 186 Å². The Balaban J connectivity index is 1.42. The van der Waals surface area contributed by atoms with Gasteiger partial charge in [0.1, 0.15) is 5.75 Å². The lowest BCUT2D eigenvalue weighted by Crippen LogP contribution is -2.40. The predicted molar refractivity (Wildman–Crippen MR) is 117 cm³/mol. The van der Waals surface area contributed by atoms with Gasteiger partial charge < -0.3 is 15.4 Å². The van der Waals surface area contributed by atoms with E-state index in [1.807, 2.05) is 30.3 Å². The van der Waals surface area contributed by atoms with Crippen molar-refractivity contribution in [1.82, 2.24) is 5.32 Å². The average molecular weight is 447 g/mol. The molecule has 4 nitrogen and oxygen atoms in total. The molecule has 7 heteroatoms. The summed E-state index contributed by atoms with van der Waals surface area (Å²) in [6.07, 6.45) is 3.91. The zero-order chi connectivity index (χ0) is 22.6. The number of carbonyl (C=O) groups excluding carboxylic acids is 1. The molecule has 2 fully saturated rings. The summed E-state index contributed by atoms with van der Waals surface area (Å²) < 4.78 is 40.9. The Morgan fingerprint density at radius 3 is 2.28 bits per heavy atom. The molecule has 2 aromatic carbocycles. The first kappa shape index (κ1) is 22.5. The topological polar surface area (TPSA) is 50.4 Å². The second-order valence-electron chi connectivity index (χ2n) is 8.94. The van der Waals surface area contributed by atoms with Gasteiger partial charge in [-0.15, -0.1) is 13.2 Å². The van der Waals surface area contributed by atoms with Gasteiger partial charge in [-0.1, -0.05) is 56.0 Å². The predicted octanol–water partition coefficient (Wildman–Crippen LogP) is 7.05.